The Hall–Kier alpha value is -1.10. The molecule has 0 aromatic heterocycles. The Balaban J connectivity index is 4.49. The zero-order valence-electron chi connectivity index (χ0n) is 7.32. The van der Waals surface area contributed by atoms with E-state index >= 15 is 0 Å². The molecule has 0 saturated heterocycles. The van der Waals surface area contributed by atoms with Gasteiger partial charge in [0.05, 0.1) is 0 Å². The van der Waals surface area contributed by atoms with E-state index in [-0.39, 0.29) is 12.0 Å². The highest BCUT2D eigenvalue weighted by Gasteiger charge is 2.04. The first-order valence-corrected chi connectivity index (χ1v) is 3.78. The van der Waals surface area contributed by atoms with Gasteiger partial charge in [0.2, 0.25) is 0 Å². The summed E-state index contributed by atoms with van der Waals surface area (Å²) >= 11 is 0. The molecule has 0 rings (SSSR count). The van der Waals surface area contributed by atoms with Gasteiger partial charge < -0.3 is 0 Å². The second-order valence-electron chi connectivity index (χ2n) is 2.37. The molecule has 0 aliphatic heterocycles. The Morgan fingerprint density at radius 1 is 1.50 bits per heavy atom. The van der Waals surface area contributed by atoms with Gasteiger partial charge in [-0.2, -0.15) is 0 Å². The van der Waals surface area contributed by atoms with Crippen LogP contribution in [0.1, 0.15) is 26.7 Å². The third kappa shape index (κ3) is 3.34. The van der Waals surface area contributed by atoms with Crippen molar-refractivity contribution in [3.63, 3.8) is 0 Å². The standard InChI is InChI=1S/C10H12F2/c1-4-6-7-8(3)10(12)9(11)5-2/h1,7H,5-6H2,2-3H3/b8-7-,10-9-. The quantitative estimate of drug-likeness (QED) is 0.449. The Morgan fingerprint density at radius 3 is 2.50 bits per heavy atom. The molecule has 0 atom stereocenters. The summed E-state index contributed by atoms with van der Waals surface area (Å²) in [6.07, 6.45) is 6.86. The van der Waals surface area contributed by atoms with E-state index in [1.807, 2.05) is 0 Å². The molecule has 0 unspecified atom stereocenters. The molecule has 0 aromatic rings. The lowest BCUT2D eigenvalue weighted by Gasteiger charge is -1.97. The van der Waals surface area contributed by atoms with Crippen molar-refractivity contribution in [3.8, 4) is 12.3 Å². The van der Waals surface area contributed by atoms with Crippen molar-refractivity contribution in [2.75, 3.05) is 0 Å². The molecule has 0 N–H and O–H groups in total. The highest BCUT2D eigenvalue weighted by molar-refractivity contribution is 5.26. The molecule has 0 radical (unpaired) electrons. The topological polar surface area (TPSA) is 0 Å². The summed E-state index contributed by atoms with van der Waals surface area (Å²) in [7, 11) is 0. The Morgan fingerprint density at radius 2 is 2.08 bits per heavy atom. The summed E-state index contributed by atoms with van der Waals surface area (Å²) in [6, 6.07) is 0. The lowest BCUT2D eigenvalue weighted by Crippen LogP contribution is -1.82. The van der Waals surface area contributed by atoms with Crippen molar-refractivity contribution in [1.29, 1.82) is 0 Å². The van der Waals surface area contributed by atoms with E-state index in [0.29, 0.717) is 6.42 Å². The summed E-state index contributed by atoms with van der Waals surface area (Å²) < 4.78 is 25.5. The lowest BCUT2D eigenvalue weighted by molar-refractivity contribution is 0.524. The van der Waals surface area contributed by atoms with Gasteiger partial charge in [-0.25, -0.2) is 8.78 Å². The molecule has 0 fully saturated rings. The molecule has 0 amide bonds. The predicted molar refractivity (Wildman–Crippen MR) is 46.7 cm³/mol. The summed E-state index contributed by atoms with van der Waals surface area (Å²) in [5, 5.41) is 0. The average Bonchev–Trinajstić information content (AvgIpc) is 2.11. The van der Waals surface area contributed by atoms with Crippen LogP contribution in [0.25, 0.3) is 0 Å². The molecular formula is C10H12F2. The van der Waals surface area contributed by atoms with Crippen LogP contribution in [0.2, 0.25) is 0 Å². The molecule has 0 aliphatic carbocycles. The molecule has 0 bridgehead atoms. The van der Waals surface area contributed by atoms with Crippen LogP contribution in [-0.2, 0) is 0 Å². The van der Waals surface area contributed by atoms with Crippen LogP contribution < -0.4 is 0 Å². The van der Waals surface area contributed by atoms with E-state index in [1.54, 1.807) is 6.92 Å². The van der Waals surface area contributed by atoms with Gasteiger partial charge in [0.15, 0.2) is 5.83 Å². The molecule has 0 nitrogen and oxygen atoms in total. The van der Waals surface area contributed by atoms with Crippen molar-refractivity contribution in [2.24, 2.45) is 0 Å². The number of halogens is 2. The van der Waals surface area contributed by atoms with Gasteiger partial charge in [0.1, 0.15) is 5.83 Å². The van der Waals surface area contributed by atoms with Crippen LogP contribution in [0.3, 0.4) is 0 Å². The van der Waals surface area contributed by atoms with Crippen LogP contribution in [0.4, 0.5) is 8.78 Å². The van der Waals surface area contributed by atoms with E-state index in [9.17, 15) is 8.78 Å². The minimum atomic E-state index is -0.784. The van der Waals surface area contributed by atoms with Gasteiger partial charge in [0.25, 0.3) is 0 Å². The van der Waals surface area contributed by atoms with Crippen LogP contribution in [-0.4, -0.2) is 0 Å². The summed E-state index contributed by atoms with van der Waals surface area (Å²) in [4.78, 5) is 0. The van der Waals surface area contributed by atoms with Gasteiger partial charge in [-0.05, 0) is 18.9 Å². The summed E-state index contributed by atoms with van der Waals surface area (Å²) in [5.74, 6) is 0.816. The van der Waals surface area contributed by atoms with Crippen LogP contribution in [0, 0.1) is 12.3 Å². The summed E-state index contributed by atoms with van der Waals surface area (Å²) in [6.45, 7) is 3.06. The van der Waals surface area contributed by atoms with Gasteiger partial charge >= 0.3 is 0 Å². The molecule has 0 aromatic carbocycles. The van der Waals surface area contributed by atoms with Crippen molar-refractivity contribution in [1.82, 2.24) is 0 Å². The highest BCUT2D eigenvalue weighted by Crippen LogP contribution is 2.19. The fraction of sp³-hybridized carbons (Fsp3) is 0.400. The highest BCUT2D eigenvalue weighted by atomic mass is 19.2. The Labute approximate surface area is 72.0 Å². The fourth-order valence-electron chi connectivity index (χ4n) is 0.671. The first-order valence-electron chi connectivity index (χ1n) is 3.78. The zero-order chi connectivity index (χ0) is 9.56. The second kappa shape index (κ2) is 5.54. The molecule has 0 aliphatic rings. The van der Waals surface area contributed by atoms with Gasteiger partial charge in [-0.1, -0.05) is 13.0 Å². The van der Waals surface area contributed by atoms with E-state index in [2.05, 4.69) is 5.92 Å². The SMILES string of the molecule is C#CC/C=C(C)\C(F)=C(\F)CC. The van der Waals surface area contributed by atoms with E-state index in [1.165, 1.54) is 13.0 Å². The third-order valence-corrected chi connectivity index (χ3v) is 1.42. The predicted octanol–water partition coefficient (Wildman–Crippen LogP) is 3.52. The number of allylic oxidation sites excluding steroid dienone is 4. The minimum absolute atomic E-state index is 0.0765. The number of hydrogen-bond donors (Lipinski definition) is 0. The van der Waals surface area contributed by atoms with E-state index in [0.717, 1.165) is 0 Å². The van der Waals surface area contributed by atoms with E-state index < -0.39 is 11.7 Å². The number of hydrogen-bond acceptors (Lipinski definition) is 0. The monoisotopic (exact) mass is 170 g/mol. The lowest BCUT2D eigenvalue weighted by atomic mass is 10.2. The van der Waals surface area contributed by atoms with Gasteiger partial charge in [-0.15, -0.1) is 12.3 Å². The number of rotatable bonds is 3. The van der Waals surface area contributed by atoms with Crippen molar-refractivity contribution < 1.29 is 8.78 Å². The smallest absolute Gasteiger partial charge is 0.157 e. The van der Waals surface area contributed by atoms with Crippen molar-refractivity contribution >= 4 is 0 Å². The summed E-state index contributed by atoms with van der Waals surface area (Å²) in [5.41, 5.74) is 0.271. The minimum Gasteiger partial charge on any atom is -0.209 e. The molecule has 12 heavy (non-hydrogen) atoms. The average molecular weight is 170 g/mol. The van der Waals surface area contributed by atoms with Crippen molar-refractivity contribution in [2.45, 2.75) is 26.7 Å². The first kappa shape index (κ1) is 10.9. The molecule has 0 saturated carbocycles. The molecule has 2 heteroatoms. The Kier molecular flexibility index (Phi) is 5.03. The molecular weight excluding hydrogens is 158 g/mol. The maximum atomic E-state index is 12.9. The van der Waals surface area contributed by atoms with E-state index in [4.69, 9.17) is 6.42 Å². The normalized spacial score (nSPS) is 13.8. The largest absolute Gasteiger partial charge is 0.209 e. The third-order valence-electron chi connectivity index (χ3n) is 1.42. The second-order valence-corrected chi connectivity index (χ2v) is 2.37. The number of terminal acetylenes is 1. The maximum absolute atomic E-state index is 12.9. The zero-order valence-corrected chi connectivity index (χ0v) is 7.32. The molecule has 0 spiro atoms. The van der Waals surface area contributed by atoms with Crippen LogP contribution in [0.5, 0.6) is 0 Å². The van der Waals surface area contributed by atoms with Crippen LogP contribution in [0.15, 0.2) is 23.3 Å². The molecule has 66 valence electrons. The van der Waals surface area contributed by atoms with Gasteiger partial charge in [0, 0.05) is 6.42 Å². The van der Waals surface area contributed by atoms with Gasteiger partial charge in [-0.3, -0.25) is 0 Å². The van der Waals surface area contributed by atoms with Crippen LogP contribution >= 0.6 is 0 Å². The van der Waals surface area contributed by atoms with Crippen molar-refractivity contribution in [3.05, 3.63) is 23.3 Å². The fourth-order valence-corrected chi connectivity index (χ4v) is 0.671. The maximum Gasteiger partial charge on any atom is 0.157 e. The molecule has 0 heterocycles. The Bertz CT molecular complexity index is 241. The first-order chi connectivity index (χ1) is 5.63.